The van der Waals surface area contributed by atoms with Crippen LogP contribution in [0.5, 0.6) is 11.5 Å². The number of hydrogen-bond acceptors (Lipinski definition) is 7. The standard InChI is InChI=1S/C22H22F4O2S.C21H21F4NO2S/c1-20(2,17-11-15(23)8-9-18(17)28-3)13-21(27,22(24,25)26)12-16-10-14-6-4-5-7-19(14)29-16;1-19(2,15-4-3-5-16(9-15)28-13-22)12-20(27,21(23,24)25)10-17-8-14-6-7-26-11-18(14)29-17/h4-11,27H,12-13H2,1-3H3;3-9,11,27H,10,12-13H2,1-2H3. The summed E-state index contributed by atoms with van der Waals surface area (Å²) in [6, 6.07) is 22.3. The predicted octanol–water partition coefficient (Wildman–Crippen LogP) is 12.1. The van der Waals surface area contributed by atoms with Crippen LogP contribution in [0.3, 0.4) is 0 Å². The number of alkyl halides is 7. The molecule has 3 aromatic carbocycles. The summed E-state index contributed by atoms with van der Waals surface area (Å²) in [6.07, 6.45) is -8.85. The normalized spacial score (nSPS) is 14.7. The molecule has 0 saturated heterocycles. The lowest BCUT2D eigenvalue weighted by molar-refractivity contribution is -0.266. The highest BCUT2D eigenvalue weighted by atomic mass is 32.1. The molecule has 3 heterocycles. The summed E-state index contributed by atoms with van der Waals surface area (Å²) in [4.78, 5) is 4.85. The fraction of sp³-hybridized carbons (Fsp3) is 0.372. The number of rotatable bonds is 13. The van der Waals surface area contributed by atoms with E-state index < -0.39 is 72.7 Å². The smallest absolute Gasteiger partial charge is 0.417 e. The van der Waals surface area contributed by atoms with Crippen LogP contribution >= 0.6 is 22.7 Å². The first-order chi connectivity index (χ1) is 27.0. The van der Waals surface area contributed by atoms with E-state index in [1.807, 2.05) is 24.3 Å². The summed E-state index contributed by atoms with van der Waals surface area (Å²) in [7, 11) is 1.37. The van der Waals surface area contributed by atoms with Crippen LogP contribution in [0, 0.1) is 5.82 Å². The zero-order valence-electron chi connectivity index (χ0n) is 32.3. The Kier molecular flexibility index (Phi) is 13.2. The number of fused-ring (bicyclic) bond motifs is 2. The molecule has 0 aliphatic carbocycles. The van der Waals surface area contributed by atoms with Gasteiger partial charge in [0.15, 0.2) is 11.2 Å². The van der Waals surface area contributed by atoms with E-state index in [-0.39, 0.29) is 17.1 Å². The highest BCUT2D eigenvalue weighted by Crippen LogP contribution is 2.47. The second-order valence-corrected chi connectivity index (χ2v) is 17.9. The van der Waals surface area contributed by atoms with Crippen LogP contribution in [0.25, 0.3) is 20.2 Å². The van der Waals surface area contributed by atoms with Crippen LogP contribution < -0.4 is 9.47 Å². The Hall–Kier alpha value is -4.31. The van der Waals surface area contributed by atoms with Gasteiger partial charge in [0.2, 0.25) is 6.86 Å². The molecule has 15 heteroatoms. The Balaban J connectivity index is 0.000000221. The highest BCUT2D eigenvalue weighted by molar-refractivity contribution is 7.19. The zero-order chi connectivity index (χ0) is 42.7. The van der Waals surface area contributed by atoms with Crippen molar-refractivity contribution >= 4 is 42.8 Å². The first-order valence-electron chi connectivity index (χ1n) is 18.0. The van der Waals surface area contributed by atoms with E-state index >= 15 is 0 Å². The van der Waals surface area contributed by atoms with Gasteiger partial charge in [0.05, 0.1) is 11.8 Å². The second-order valence-electron chi connectivity index (χ2n) is 15.5. The molecule has 58 heavy (non-hydrogen) atoms. The minimum atomic E-state index is -4.86. The van der Waals surface area contributed by atoms with Crippen molar-refractivity contribution in [3.05, 3.63) is 124 Å². The first-order valence-corrected chi connectivity index (χ1v) is 19.6. The largest absolute Gasteiger partial charge is 0.496 e. The van der Waals surface area contributed by atoms with Crippen molar-refractivity contribution in [3.63, 3.8) is 0 Å². The fourth-order valence-electron chi connectivity index (χ4n) is 7.19. The number of thiophene rings is 2. The van der Waals surface area contributed by atoms with Crippen molar-refractivity contribution in [2.75, 3.05) is 14.0 Å². The maximum atomic E-state index is 14.0. The fourth-order valence-corrected chi connectivity index (χ4v) is 9.50. The van der Waals surface area contributed by atoms with Crippen molar-refractivity contribution in [3.8, 4) is 11.5 Å². The minimum absolute atomic E-state index is 0.227. The summed E-state index contributed by atoms with van der Waals surface area (Å²) >= 11 is 2.41. The molecule has 3 aromatic heterocycles. The van der Waals surface area contributed by atoms with Gasteiger partial charge in [-0.2, -0.15) is 26.3 Å². The highest BCUT2D eigenvalue weighted by Gasteiger charge is 2.57. The topological polar surface area (TPSA) is 71.8 Å². The molecule has 6 aromatic rings. The van der Waals surface area contributed by atoms with Crippen LogP contribution in [0.4, 0.5) is 35.1 Å². The molecule has 0 amide bonds. The molecular weight excluding hydrogens is 811 g/mol. The van der Waals surface area contributed by atoms with Gasteiger partial charge in [-0.15, -0.1) is 22.7 Å². The Labute approximate surface area is 338 Å². The van der Waals surface area contributed by atoms with Crippen LogP contribution in [-0.2, 0) is 23.7 Å². The molecule has 5 nitrogen and oxygen atoms in total. The van der Waals surface area contributed by atoms with E-state index in [2.05, 4.69) is 4.98 Å². The molecule has 0 spiro atoms. The molecule has 312 valence electrons. The number of methoxy groups -OCH3 is 1. The Morgan fingerprint density at radius 1 is 0.672 bits per heavy atom. The molecule has 0 saturated carbocycles. The van der Waals surface area contributed by atoms with E-state index in [9.17, 15) is 45.3 Å². The molecule has 0 fully saturated rings. The number of ether oxygens (including phenoxy) is 2. The number of pyridine rings is 1. The third-order valence-corrected chi connectivity index (χ3v) is 12.2. The maximum Gasteiger partial charge on any atom is 0.417 e. The van der Waals surface area contributed by atoms with Gasteiger partial charge in [-0.05, 0) is 94.6 Å². The Bertz CT molecular complexity index is 2250. The molecule has 0 aliphatic rings. The van der Waals surface area contributed by atoms with Crippen LogP contribution in [0.15, 0.2) is 97.3 Å². The van der Waals surface area contributed by atoms with Crippen molar-refractivity contribution in [1.82, 2.24) is 4.98 Å². The summed E-state index contributed by atoms with van der Waals surface area (Å²) in [5.74, 6) is -0.0673. The van der Waals surface area contributed by atoms with Crippen molar-refractivity contribution in [2.45, 2.75) is 87.8 Å². The molecule has 2 N–H and O–H groups in total. The second kappa shape index (κ2) is 17.1. The SMILES string of the molecule is CC(C)(CC(O)(Cc1cc2ccncc2s1)C(F)(F)F)c1cccc(OCF)c1.COc1ccc(F)cc1C(C)(C)CC(O)(Cc1cc2ccccc2s1)C(F)(F)F. The Morgan fingerprint density at radius 2 is 1.26 bits per heavy atom. The molecule has 6 rings (SSSR count). The maximum absolute atomic E-state index is 14.0. The zero-order valence-corrected chi connectivity index (χ0v) is 33.9. The van der Waals surface area contributed by atoms with Gasteiger partial charge in [-0.1, -0.05) is 58.0 Å². The quantitative estimate of drug-likeness (QED) is 0.113. The van der Waals surface area contributed by atoms with Gasteiger partial charge in [0.1, 0.15) is 17.3 Å². The molecule has 2 atom stereocenters. The van der Waals surface area contributed by atoms with Gasteiger partial charge in [-0.25, -0.2) is 8.78 Å². The third kappa shape index (κ3) is 10.3. The number of hydrogen-bond donors (Lipinski definition) is 2. The molecule has 0 aliphatic heterocycles. The number of aromatic nitrogens is 1. The van der Waals surface area contributed by atoms with Crippen molar-refractivity contribution in [1.29, 1.82) is 0 Å². The van der Waals surface area contributed by atoms with Crippen molar-refractivity contribution < 1.29 is 54.8 Å². The Morgan fingerprint density at radius 3 is 1.83 bits per heavy atom. The summed E-state index contributed by atoms with van der Waals surface area (Å²) in [5, 5.41) is 23.2. The molecule has 2 unspecified atom stereocenters. The number of aliphatic hydroxyl groups is 2. The molecule has 0 bridgehead atoms. The van der Waals surface area contributed by atoms with E-state index in [1.54, 1.807) is 70.4 Å². The minimum Gasteiger partial charge on any atom is -0.496 e. The summed E-state index contributed by atoms with van der Waals surface area (Å²) in [6.45, 7) is 5.30. The predicted molar refractivity (Wildman–Crippen MR) is 212 cm³/mol. The van der Waals surface area contributed by atoms with E-state index in [1.165, 1.54) is 54.0 Å². The number of nitrogens with zero attached hydrogens (tertiary/aromatic N) is 1. The lowest BCUT2D eigenvalue weighted by Crippen LogP contribution is -2.50. The molecular formula is C43H43F8NO4S2. The van der Waals surface area contributed by atoms with E-state index in [0.717, 1.165) is 26.2 Å². The molecule has 0 radical (unpaired) electrons. The average molecular weight is 854 g/mol. The lowest BCUT2D eigenvalue weighted by atomic mass is 9.73. The summed E-state index contributed by atoms with van der Waals surface area (Å²) in [5.41, 5.74) is -7.35. The lowest BCUT2D eigenvalue weighted by Gasteiger charge is -2.38. The number of benzene rings is 3. The monoisotopic (exact) mass is 853 g/mol. The van der Waals surface area contributed by atoms with Crippen molar-refractivity contribution in [2.24, 2.45) is 0 Å². The average Bonchev–Trinajstić information content (AvgIpc) is 3.73. The van der Waals surface area contributed by atoms with Gasteiger partial charge in [-0.3, -0.25) is 4.98 Å². The van der Waals surface area contributed by atoms with Crippen LogP contribution in [-0.4, -0.2) is 52.7 Å². The number of halogens is 8. The van der Waals surface area contributed by atoms with Gasteiger partial charge >= 0.3 is 12.4 Å². The van der Waals surface area contributed by atoms with Gasteiger partial charge in [0, 0.05) is 45.3 Å². The van der Waals surface area contributed by atoms with E-state index in [0.29, 0.717) is 15.3 Å². The summed E-state index contributed by atoms with van der Waals surface area (Å²) < 4.78 is 122. The van der Waals surface area contributed by atoms with E-state index in [4.69, 9.17) is 9.47 Å². The van der Waals surface area contributed by atoms with Gasteiger partial charge in [0.25, 0.3) is 0 Å². The first kappa shape index (κ1) is 44.8. The van der Waals surface area contributed by atoms with Crippen LogP contribution in [0.2, 0.25) is 0 Å². The van der Waals surface area contributed by atoms with Gasteiger partial charge < -0.3 is 19.7 Å². The third-order valence-electron chi connectivity index (χ3n) is 10.0. The van der Waals surface area contributed by atoms with Crippen LogP contribution in [0.1, 0.15) is 61.4 Å².